The first kappa shape index (κ1) is 11.2. The van der Waals surface area contributed by atoms with Crippen LogP contribution in [0.5, 0.6) is 0 Å². The summed E-state index contributed by atoms with van der Waals surface area (Å²) in [5, 5.41) is 14.9. The molecular formula is C10H12N2O3. The first-order valence-electron chi connectivity index (χ1n) is 4.53. The number of aromatic carboxylic acids is 1. The largest absolute Gasteiger partial charge is 0.545 e. The molecule has 1 rings (SSSR count). The van der Waals surface area contributed by atoms with Gasteiger partial charge in [-0.05, 0) is 6.07 Å². The van der Waals surface area contributed by atoms with Crippen molar-refractivity contribution in [2.75, 3.05) is 18.9 Å². The highest BCUT2D eigenvalue weighted by atomic mass is 16.4. The number of carbonyl (C=O) groups excluding carboxylic acids is 2. The molecule has 0 atom stereocenters. The van der Waals surface area contributed by atoms with Gasteiger partial charge in [-0.25, -0.2) is 0 Å². The molecule has 0 fully saturated rings. The Labute approximate surface area is 87.1 Å². The lowest BCUT2D eigenvalue weighted by atomic mass is 10.2. The van der Waals surface area contributed by atoms with E-state index in [2.05, 4.69) is 5.32 Å². The van der Waals surface area contributed by atoms with Gasteiger partial charge in [-0.1, -0.05) is 18.2 Å². The number of nitrogens with two attached hydrogens (primary N) is 1. The van der Waals surface area contributed by atoms with Crippen LogP contribution in [0.1, 0.15) is 10.4 Å². The van der Waals surface area contributed by atoms with Crippen LogP contribution in [-0.2, 0) is 4.79 Å². The second-order valence-electron chi connectivity index (χ2n) is 2.99. The molecule has 3 N–H and O–H groups in total. The molecule has 0 saturated carbocycles. The fraction of sp³-hybridized carbons (Fsp3) is 0.200. The number of carboxylic acid groups (broad SMARTS) is 1. The van der Waals surface area contributed by atoms with Crippen LogP contribution in [0.2, 0.25) is 0 Å². The number of hydrogen-bond donors (Lipinski definition) is 2. The van der Waals surface area contributed by atoms with Crippen LogP contribution in [0.3, 0.4) is 0 Å². The fourth-order valence-corrected chi connectivity index (χ4v) is 1.16. The normalized spacial score (nSPS) is 9.67. The highest BCUT2D eigenvalue weighted by Crippen LogP contribution is 2.13. The second-order valence-corrected chi connectivity index (χ2v) is 2.99. The molecule has 0 heterocycles. The summed E-state index contributed by atoms with van der Waals surface area (Å²) in [6.07, 6.45) is 0. The zero-order chi connectivity index (χ0) is 11.3. The first-order valence-corrected chi connectivity index (χ1v) is 4.53. The molecule has 0 aromatic heterocycles. The minimum Gasteiger partial charge on any atom is -0.545 e. The van der Waals surface area contributed by atoms with E-state index in [1.807, 2.05) is 0 Å². The highest BCUT2D eigenvalue weighted by Gasteiger charge is 2.06. The van der Waals surface area contributed by atoms with Gasteiger partial charge in [0, 0.05) is 11.3 Å². The maximum Gasteiger partial charge on any atom is 0.279 e. The number of para-hydroxylation sites is 1. The lowest BCUT2D eigenvalue weighted by molar-refractivity contribution is -0.615. The Hall–Kier alpha value is -1.88. The average Bonchev–Trinajstić information content (AvgIpc) is 2.18. The van der Waals surface area contributed by atoms with Crippen LogP contribution in [0, 0.1) is 0 Å². The Morgan fingerprint density at radius 2 is 2.07 bits per heavy atom. The zero-order valence-corrected chi connectivity index (χ0v) is 8.32. The Bertz CT molecular complexity index is 377. The third-order valence-electron chi connectivity index (χ3n) is 1.81. The summed E-state index contributed by atoms with van der Waals surface area (Å²) < 4.78 is 0. The first-order chi connectivity index (χ1) is 7.15. The molecule has 0 aliphatic rings. The number of hydrogen-bond acceptors (Lipinski definition) is 3. The van der Waals surface area contributed by atoms with Crippen LogP contribution in [0.4, 0.5) is 5.69 Å². The molecule has 80 valence electrons. The molecule has 15 heavy (non-hydrogen) atoms. The lowest BCUT2D eigenvalue weighted by Gasteiger charge is -2.10. The van der Waals surface area contributed by atoms with E-state index < -0.39 is 5.97 Å². The number of likely N-dealkylation sites (N-methyl/N-ethyl adjacent to an activating group) is 1. The van der Waals surface area contributed by atoms with Gasteiger partial charge in [0.15, 0.2) is 6.54 Å². The van der Waals surface area contributed by atoms with Gasteiger partial charge in [-0.2, -0.15) is 0 Å². The van der Waals surface area contributed by atoms with Crippen molar-refractivity contribution in [3.8, 4) is 0 Å². The number of nitrogens with one attached hydrogen (secondary N) is 1. The summed E-state index contributed by atoms with van der Waals surface area (Å²) in [7, 11) is 1.75. The quantitative estimate of drug-likeness (QED) is 0.611. The van der Waals surface area contributed by atoms with Crippen molar-refractivity contribution in [1.29, 1.82) is 0 Å². The second kappa shape index (κ2) is 5.11. The molecule has 0 aliphatic carbocycles. The molecule has 1 amide bonds. The summed E-state index contributed by atoms with van der Waals surface area (Å²) >= 11 is 0. The molecular weight excluding hydrogens is 196 g/mol. The van der Waals surface area contributed by atoms with Crippen LogP contribution in [-0.4, -0.2) is 25.5 Å². The third kappa shape index (κ3) is 3.07. The minimum absolute atomic E-state index is 0.0121. The summed E-state index contributed by atoms with van der Waals surface area (Å²) in [6, 6.07) is 6.14. The van der Waals surface area contributed by atoms with Crippen molar-refractivity contribution in [2.24, 2.45) is 0 Å². The van der Waals surface area contributed by atoms with Gasteiger partial charge in [0.05, 0.1) is 13.0 Å². The van der Waals surface area contributed by atoms with Gasteiger partial charge in [0.2, 0.25) is 0 Å². The Morgan fingerprint density at radius 3 is 2.67 bits per heavy atom. The van der Waals surface area contributed by atoms with Crippen molar-refractivity contribution in [1.82, 2.24) is 0 Å². The smallest absolute Gasteiger partial charge is 0.279 e. The van der Waals surface area contributed by atoms with E-state index >= 15 is 0 Å². The van der Waals surface area contributed by atoms with Gasteiger partial charge in [-0.3, -0.25) is 4.79 Å². The minimum atomic E-state index is -1.30. The van der Waals surface area contributed by atoms with Crippen LogP contribution in [0.25, 0.3) is 0 Å². The van der Waals surface area contributed by atoms with E-state index in [9.17, 15) is 14.7 Å². The third-order valence-corrected chi connectivity index (χ3v) is 1.81. The highest BCUT2D eigenvalue weighted by molar-refractivity contribution is 5.99. The van der Waals surface area contributed by atoms with Gasteiger partial charge in [0.1, 0.15) is 0 Å². The van der Waals surface area contributed by atoms with Gasteiger partial charge >= 0.3 is 0 Å². The summed E-state index contributed by atoms with van der Waals surface area (Å²) in [5.41, 5.74) is 0.256. The van der Waals surface area contributed by atoms with Gasteiger partial charge in [-0.15, -0.1) is 0 Å². The van der Waals surface area contributed by atoms with Crippen molar-refractivity contribution in [2.45, 2.75) is 0 Å². The Kier molecular flexibility index (Phi) is 3.82. The molecule has 1 aromatic carbocycles. The van der Waals surface area contributed by atoms with Gasteiger partial charge < -0.3 is 20.5 Å². The molecule has 0 saturated heterocycles. The van der Waals surface area contributed by atoms with E-state index in [1.54, 1.807) is 24.5 Å². The molecule has 5 nitrogen and oxygen atoms in total. The lowest BCUT2D eigenvalue weighted by Crippen LogP contribution is -2.82. The average molecular weight is 208 g/mol. The monoisotopic (exact) mass is 208 g/mol. The van der Waals surface area contributed by atoms with Crippen LogP contribution >= 0.6 is 0 Å². The number of amides is 1. The molecule has 0 bridgehead atoms. The molecule has 0 spiro atoms. The zero-order valence-electron chi connectivity index (χ0n) is 8.32. The summed E-state index contributed by atoms with van der Waals surface area (Å²) in [5.74, 6) is -1.54. The number of carbonyl (C=O) groups is 2. The molecule has 0 radical (unpaired) electrons. The number of quaternary nitrogens is 1. The summed E-state index contributed by atoms with van der Waals surface area (Å²) in [4.78, 5) is 21.9. The predicted octanol–water partition coefficient (Wildman–Crippen LogP) is -1.82. The standard InChI is InChI=1S/C10H12N2O3/c1-11-6-9(13)12-8-5-3-2-4-7(8)10(14)15/h2-5,11H,6H2,1H3,(H,12,13)(H,14,15). The molecule has 0 aliphatic heterocycles. The van der Waals surface area contributed by atoms with Crippen molar-refractivity contribution in [3.63, 3.8) is 0 Å². The number of rotatable bonds is 4. The fourth-order valence-electron chi connectivity index (χ4n) is 1.16. The maximum atomic E-state index is 11.2. The maximum absolute atomic E-state index is 11.2. The van der Waals surface area contributed by atoms with Crippen LogP contribution in [0.15, 0.2) is 24.3 Å². The van der Waals surface area contributed by atoms with Crippen molar-refractivity contribution >= 4 is 17.6 Å². The van der Waals surface area contributed by atoms with E-state index in [4.69, 9.17) is 0 Å². The topological polar surface area (TPSA) is 85.8 Å². The number of benzene rings is 1. The van der Waals surface area contributed by atoms with E-state index in [0.717, 1.165) is 0 Å². The van der Waals surface area contributed by atoms with Crippen molar-refractivity contribution in [3.05, 3.63) is 29.8 Å². The molecule has 0 unspecified atom stereocenters. The van der Waals surface area contributed by atoms with Gasteiger partial charge in [0.25, 0.3) is 5.91 Å². The number of carboxylic acids is 1. The Balaban J connectivity index is 2.84. The number of anilines is 1. The van der Waals surface area contributed by atoms with E-state index in [1.165, 1.54) is 12.1 Å². The van der Waals surface area contributed by atoms with E-state index in [0.29, 0.717) is 0 Å². The predicted molar refractivity (Wildman–Crippen MR) is 52.1 cm³/mol. The Morgan fingerprint density at radius 1 is 1.40 bits per heavy atom. The SMILES string of the molecule is C[NH2+]CC(=O)Nc1ccccc1C(=O)[O-]. The molecule has 5 heteroatoms. The summed E-state index contributed by atoms with van der Waals surface area (Å²) in [6.45, 7) is 0.251. The van der Waals surface area contributed by atoms with Crippen molar-refractivity contribution < 1.29 is 20.0 Å². The van der Waals surface area contributed by atoms with E-state index in [-0.39, 0.29) is 23.7 Å². The van der Waals surface area contributed by atoms with Crippen LogP contribution < -0.4 is 15.7 Å². The molecule has 1 aromatic rings.